The van der Waals surface area contributed by atoms with Crippen molar-refractivity contribution < 1.29 is 59.4 Å². The van der Waals surface area contributed by atoms with Gasteiger partial charge in [0.1, 0.15) is 11.6 Å². The van der Waals surface area contributed by atoms with E-state index in [-0.39, 0.29) is 11.8 Å². The van der Waals surface area contributed by atoms with E-state index in [1.807, 2.05) is 12.2 Å². The van der Waals surface area contributed by atoms with Crippen LogP contribution in [-0.2, 0) is 14.3 Å². The third-order valence-electron chi connectivity index (χ3n) is 6.55. The second-order valence-corrected chi connectivity index (χ2v) is 11.4. The van der Waals surface area contributed by atoms with Crippen molar-refractivity contribution in [2.45, 2.75) is 103 Å². The molecule has 2 amide bonds. The van der Waals surface area contributed by atoms with Crippen molar-refractivity contribution in [2.24, 2.45) is 17.6 Å². The number of carbonyl (C=O) groups is 3. The number of amides is 2. The van der Waals surface area contributed by atoms with Gasteiger partial charge in [0.2, 0.25) is 5.91 Å². The van der Waals surface area contributed by atoms with Gasteiger partial charge in [0.15, 0.2) is 0 Å². The van der Waals surface area contributed by atoms with Crippen LogP contribution < -0.4 is 16.4 Å². The van der Waals surface area contributed by atoms with Crippen molar-refractivity contribution in [3.8, 4) is 0 Å². The number of alkyl carbamates (subject to hydrolysis) is 1. The van der Waals surface area contributed by atoms with Gasteiger partial charge < -0.3 is 31.1 Å². The highest BCUT2D eigenvalue weighted by Crippen LogP contribution is 2.41. The monoisotopic (exact) mass is 630 g/mol. The summed E-state index contributed by atoms with van der Waals surface area (Å²) in [5.74, 6) is -18.3. The van der Waals surface area contributed by atoms with Crippen molar-refractivity contribution in [3.63, 3.8) is 0 Å². The molecule has 17 heteroatoms. The van der Waals surface area contributed by atoms with E-state index < -0.39 is 85.5 Å². The SMILES string of the molecule is CC[C@H](C)[C@H](N)C(=O)N1CC(F)(F)C(F)(F)C1.CC[C@H](C)[C@H](NC(=O)OC(C)(C)C)C(=O)O.FC1(F)CNCC1(F)F. The molecule has 0 spiro atoms. The Kier molecular flexibility index (Phi) is 14.0. The summed E-state index contributed by atoms with van der Waals surface area (Å²) >= 11 is 0. The van der Waals surface area contributed by atoms with E-state index in [1.54, 1.807) is 41.5 Å². The van der Waals surface area contributed by atoms with E-state index in [2.05, 4.69) is 5.32 Å². The predicted octanol–water partition coefficient (Wildman–Crippen LogP) is 4.34. The second-order valence-electron chi connectivity index (χ2n) is 11.4. The first-order chi connectivity index (χ1) is 18.7. The summed E-state index contributed by atoms with van der Waals surface area (Å²) in [6.45, 7) is 7.93. The zero-order valence-electron chi connectivity index (χ0n) is 24.7. The average molecular weight is 631 g/mol. The minimum atomic E-state index is -4.17. The second kappa shape index (κ2) is 14.8. The molecule has 2 aliphatic rings. The summed E-state index contributed by atoms with van der Waals surface area (Å²) in [5, 5.41) is 13.2. The number of aliphatic carboxylic acids is 1. The number of likely N-dealkylation sites (tertiary alicyclic amines) is 1. The molecule has 0 aromatic heterocycles. The third-order valence-corrected chi connectivity index (χ3v) is 6.55. The highest BCUT2D eigenvalue weighted by Gasteiger charge is 2.64. The minimum absolute atomic E-state index is 0.134. The van der Waals surface area contributed by atoms with Crippen molar-refractivity contribution in [2.75, 3.05) is 26.2 Å². The van der Waals surface area contributed by atoms with E-state index in [0.29, 0.717) is 17.7 Å². The summed E-state index contributed by atoms with van der Waals surface area (Å²) in [4.78, 5) is 34.4. The van der Waals surface area contributed by atoms with Gasteiger partial charge in [-0.15, -0.1) is 0 Å². The van der Waals surface area contributed by atoms with Crippen LogP contribution in [0.15, 0.2) is 0 Å². The number of carbonyl (C=O) groups excluding carboxylic acids is 2. The van der Waals surface area contributed by atoms with E-state index in [9.17, 15) is 49.5 Å². The fourth-order valence-corrected chi connectivity index (χ4v) is 3.38. The van der Waals surface area contributed by atoms with Crippen LogP contribution in [0.3, 0.4) is 0 Å². The first kappa shape index (κ1) is 39.6. The lowest BCUT2D eigenvalue weighted by Crippen LogP contribution is -2.46. The first-order valence-electron chi connectivity index (χ1n) is 13.2. The van der Waals surface area contributed by atoms with Crippen LogP contribution in [-0.4, -0.2) is 95.5 Å². The lowest BCUT2D eigenvalue weighted by molar-refractivity contribution is -0.172. The molecule has 2 heterocycles. The lowest BCUT2D eigenvalue weighted by atomic mass is 9.99. The van der Waals surface area contributed by atoms with Crippen LogP contribution in [0, 0.1) is 11.8 Å². The zero-order valence-corrected chi connectivity index (χ0v) is 24.7. The fourth-order valence-electron chi connectivity index (χ4n) is 3.38. The summed E-state index contributed by atoms with van der Waals surface area (Å²) in [6.07, 6.45) is 0.556. The topological polar surface area (TPSA) is 134 Å². The van der Waals surface area contributed by atoms with Crippen LogP contribution >= 0.6 is 0 Å². The molecule has 2 aliphatic heterocycles. The summed E-state index contributed by atoms with van der Waals surface area (Å²) in [6, 6.07) is -1.91. The number of carboxylic acids is 1. The van der Waals surface area contributed by atoms with E-state index >= 15 is 0 Å². The average Bonchev–Trinajstić information content (AvgIpc) is 3.21. The number of nitrogens with one attached hydrogen (secondary N) is 2. The van der Waals surface area contributed by atoms with Gasteiger partial charge in [-0.1, -0.05) is 40.5 Å². The summed E-state index contributed by atoms with van der Waals surface area (Å²) in [5.41, 5.74) is 4.92. The van der Waals surface area contributed by atoms with Crippen molar-refractivity contribution in [1.82, 2.24) is 15.5 Å². The van der Waals surface area contributed by atoms with Gasteiger partial charge >= 0.3 is 35.8 Å². The Labute approximate surface area is 239 Å². The molecule has 248 valence electrons. The van der Waals surface area contributed by atoms with Gasteiger partial charge in [0.25, 0.3) is 0 Å². The molecule has 0 bridgehead atoms. The fraction of sp³-hybridized carbons (Fsp3) is 0.880. The quantitative estimate of drug-likeness (QED) is 0.308. The van der Waals surface area contributed by atoms with Gasteiger partial charge in [-0.2, -0.15) is 35.1 Å². The third kappa shape index (κ3) is 11.3. The molecule has 2 saturated heterocycles. The number of nitrogens with two attached hydrogens (primary N) is 1. The first-order valence-corrected chi connectivity index (χ1v) is 13.2. The maximum atomic E-state index is 12.9. The Hall–Kier alpha value is -2.43. The van der Waals surface area contributed by atoms with E-state index in [4.69, 9.17) is 15.6 Å². The van der Waals surface area contributed by atoms with Crippen LogP contribution in [0.1, 0.15) is 61.3 Å². The van der Waals surface area contributed by atoms with Gasteiger partial charge in [0.05, 0.1) is 32.2 Å². The molecule has 5 N–H and O–H groups in total. The molecule has 0 radical (unpaired) electrons. The number of hydrogen-bond donors (Lipinski definition) is 4. The van der Waals surface area contributed by atoms with E-state index in [1.165, 1.54) is 0 Å². The summed E-state index contributed by atoms with van der Waals surface area (Å²) < 4.78 is 104. The number of alkyl halides is 8. The number of rotatable bonds is 7. The molecule has 9 nitrogen and oxygen atoms in total. The lowest BCUT2D eigenvalue weighted by Gasteiger charge is -2.24. The highest BCUT2D eigenvalue weighted by molar-refractivity contribution is 5.82. The summed E-state index contributed by atoms with van der Waals surface area (Å²) in [7, 11) is 0. The van der Waals surface area contributed by atoms with Gasteiger partial charge in [-0.3, -0.25) is 4.79 Å². The van der Waals surface area contributed by atoms with Crippen molar-refractivity contribution >= 4 is 18.0 Å². The number of nitrogens with zero attached hydrogens (tertiary/aromatic N) is 1. The molecule has 0 aromatic rings. The Morgan fingerprint density at radius 3 is 1.57 bits per heavy atom. The Bertz CT molecular complexity index is 888. The molecule has 2 rings (SSSR count). The Balaban J connectivity index is 0.000000627. The molecule has 0 unspecified atom stereocenters. The highest BCUT2D eigenvalue weighted by atomic mass is 19.3. The van der Waals surface area contributed by atoms with Gasteiger partial charge in [-0.25, -0.2) is 9.59 Å². The normalized spacial score (nSPS) is 22.7. The molecule has 0 saturated carbocycles. The Morgan fingerprint density at radius 1 is 0.881 bits per heavy atom. The molecule has 0 aromatic carbocycles. The largest absolute Gasteiger partial charge is 0.480 e. The number of ether oxygens (including phenoxy) is 1. The van der Waals surface area contributed by atoms with Crippen LogP contribution in [0.2, 0.25) is 0 Å². The van der Waals surface area contributed by atoms with Crippen LogP contribution in [0.25, 0.3) is 0 Å². The van der Waals surface area contributed by atoms with Gasteiger partial charge in [0, 0.05) is 0 Å². The molecule has 0 aliphatic carbocycles. The Morgan fingerprint density at radius 2 is 1.29 bits per heavy atom. The zero-order chi connectivity index (χ0) is 33.5. The van der Waals surface area contributed by atoms with Crippen LogP contribution in [0.4, 0.5) is 39.9 Å². The molecule has 4 atom stereocenters. The van der Waals surface area contributed by atoms with Crippen LogP contribution in [0.5, 0.6) is 0 Å². The maximum absolute atomic E-state index is 12.9. The van der Waals surface area contributed by atoms with E-state index in [0.717, 1.165) is 0 Å². The maximum Gasteiger partial charge on any atom is 0.408 e. The number of hydrogen-bond acceptors (Lipinski definition) is 6. The molecular formula is C25H42F8N4O5. The minimum Gasteiger partial charge on any atom is -0.480 e. The predicted molar refractivity (Wildman–Crippen MR) is 137 cm³/mol. The molecule has 2 fully saturated rings. The smallest absolute Gasteiger partial charge is 0.408 e. The number of carboxylic acid groups (broad SMARTS) is 1. The molecular weight excluding hydrogens is 588 g/mol. The number of halogens is 8. The van der Waals surface area contributed by atoms with Crippen molar-refractivity contribution in [1.29, 1.82) is 0 Å². The molecule has 42 heavy (non-hydrogen) atoms. The standard InChI is InChI=1S/C11H21NO4.C10H16F4N2O.C4H5F4N/c1-6-7(2)8(9(13)14)12-10(15)16-11(3,4)5;1-3-6(2)7(15)8(17)16-4-9(11,12)10(13,14)5-16;5-3(6)1-9-2-4(3,7)8/h7-8H,6H2,1-5H3,(H,12,15)(H,13,14);6-7H,3-5,15H2,1-2H3;9H,1-2H2/t7-,8-;6-,7-;/m00./s1. The van der Waals surface area contributed by atoms with Gasteiger partial charge in [-0.05, 0) is 32.6 Å². The van der Waals surface area contributed by atoms with Crippen molar-refractivity contribution in [3.05, 3.63) is 0 Å².